The zero-order chi connectivity index (χ0) is 18.9. The molecule has 1 heterocycles. The highest BCUT2D eigenvalue weighted by molar-refractivity contribution is 5.94. The number of nitrogens with zero attached hydrogens (tertiary/aromatic N) is 1. The SMILES string of the molecule is CCNC(=NCc1cccc(C(=O)NCc2ccco2)c1)NC1CCCC1. The third-order valence-corrected chi connectivity index (χ3v) is 4.65. The molecule has 1 amide bonds. The second-order valence-electron chi connectivity index (χ2n) is 6.78. The second kappa shape index (κ2) is 9.80. The van der Waals surface area contributed by atoms with Crippen LogP contribution >= 0.6 is 0 Å². The summed E-state index contributed by atoms with van der Waals surface area (Å²) >= 11 is 0. The highest BCUT2D eigenvalue weighted by atomic mass is 16.3. The minimum atomic E-state index is -0.117. The summed E-state index contributed by atoms with van der Waals surface area (Å²) in [7, 11) is 0. The van der Waals surface area contributed by atoms with Crippen molar-refractivity contribution < 1.29 is 9.21 Å². The van der Waals surface area contributed by atoms with Crippen LogP contribution in [-0.4, -0.2) is 24.5 Å². The van der Waals surface area contributed by atoms with Gasteiger partial charge in [0.15, 0.2) is 5.96 Å². The molecule has 27 heavy (non-hydrogen) atoms. The first-order chi connectivity index (χ1) is 13.2. The maximum atomic E-state index is 12.3. The highest BCUT2D eigenvalue weighted by Crippen LogP contribution is 2.17. The van der Waals surface area contributed by atoms with E-state index >= 15 is 0 Å². The zero-order valence-electron chi connectivity index (χ0n) is 15.8. The van der Waals surface area contributed by atoms with Crippen molar-refractivity contribution in [1.29, 1.82) is 0 Å². The predicted molar refractivity (Wildman–Crippen MR) is 107 cm³/mol. The summed E-state index contributed by atoms with van der Waals surface area (Å²) < 4.78 is 5.24. The number of nitrogens with one attached hydrogen (secondary N) is 3. The van der Waals surface area contributed by atoms with E-state index in [1.807, 2.05) is 36.4 Å². The average Bonchev–Trinajstić information content (AvgIpc) is 3.38. The fourth-order valence-corrected chi connectivity index (χ4v) is 3.25. The Morgan fingerprint density at radius 3 is 2.78 bits per heavy atom. The van der Waals surface area contributed by atoms with Gasteiger partial charge in [-0.15, -0.1) is 0 Å². The van der Waals surface area contributed by atoms with Crippen molar-refractivity contribution in [1.82, 2.24) is 16.0 Å². The van der Waals surface area contributed by atoms with Crippen molar-refractivity contribution in [2.45, 2.75) is 51.7 Å². The first-order valence-electron chi connectivity index (χ1n) is 9.69. The van der Waals surface area contributed by atoms with E-state index in [1.54, 1.807) is 6.26 Å². The lowest BCUT2D eigenvalue weighted by Crippen LogP contribution is -2.42. The zero-order valence-corrected chi connectivity index (χ0v) is 15.8. The molecule has 0 unspecified atom stereocenters. The van der Waals surface area contributed by atoms with Crippen molar-refractivity contribution in [3.8, 4) is 0 Å². The van der Waals surface area contributed by atoms with Crippen LogP contribution < -0.4 is 16.0 Å². The van der Waals surface area contributed by atoms with Crippen molar-refractivity contribution in [3.05, 3.63) is 59.5 Å². The monoisotopic (exact) mass is 368 g/mol. The molecule has 1 aliphatic rings. The maximum absolute atomic E-state index is 12.3. The van der Waals surface area contributed by atoms with E-state index in [-0.39, 0.29) is 5.91 Å². The van der Waals surface area contributed by atoms with Crippen molar-refractivity contribution in [2.24, 2.45) is 4.99 Å². The lowest BCUT2D eigenvalue weighted by atomic mass is 10.1. The van der Waals surface area contributed by atoms with E-state index in [0.717, 1.165) is 23.8 Å². The van der Waals surface area contributed by atoms with Gasteiger partial charge in [0.25, 0.3) is 5.91 Å². The molecule has 0 atom stereocenters. The lowest BCUT2D eigenvalue weighted by molar-refractivity contribution is 0.0948. The Morgan fingerprint density at radius 2 is 2.04 bits per heavy atom. The quantitative estimate of drug-likeness (QED) is 0.518. The van der Waals surface area contributed by atoms with E-state index in [0.29, 0.717) is 24.7 Å². The molecule has 2 aromatic rings. The molecule has 0 radical (unpaired) electrons. The molecule has 6 heteroatoms. The van der Waals surface area contributed by atoms with Crippen molar-refractivity contribution in [3.63, 3.8) is 0 Å². The fourth-order valence-electron chi connectivity index (χ4n) is 3.25. The number of aliphatic imine (C=N–C) groups is 1. The van der Waals surface area contributed by atoms with Gasteiger partial charge in [0.05, 0.1) is 19.4 Å². The van der Waals surface area contributed by atoms with Gasteiger partial charge in [-0.1, -0.05) is 25.0 Å². The molecule has 0 spiro atoms. The summed E-state index contributed by atoms with van der Waals surface area (Å²) in [6.07, 6.45) is 6.57. The van der Waals surface area contributed by atoms with Crippen molar-refractivity contribution >= 4 is 11.9 Å². The Labute approximate surface area is 160 Å². The first-order valence-corrected chi connectivity index (χ1v) is 9.69. The lowest BCUT2D eigenvalue weighted by Gasteiger charge is -2.16. The summed E-state index contributed by atoms with van der Waals surface area (Å²) in [4.78, 5) is 17.0. The predicted octanol–water partition coefficient (Wildman–Crippen LogP) is 3.21. The summed E-state index contributed by atoms with van der Waals surface area (Å²) in [5.41, 5.74) is 1.63. The van der Waals surface area contributed by atoms with Crippen LogP contribution in [0.4, 0.5) is 0 Å². The average molecular weight is 368 g/mol. The molecule has 0 saturated heterocycles. The van der Waals surface area contributed by atoms with Gasteiger partial charge in [0.2, 0.25) is 0 Å². The molecule has 1 saturated carbocycles. The summed E-state index contributed by atoms with van der Waals surface area (Å²) in [6, 6.07) is 11.7. The van der Waals surface area contributed by atoms with Crippen molar-refractivity contribution in [2.75, 3.05) is 6.54 Å². The summed E-state index contributed by atoms with van der Waals surface area (Å²) in [5.74, 6) is 1.46. The first kappa shape index (κ1) is 19.0. The standard InChI is InChI=1S/C21H28N4O2/c1-2-22-21(25-18-9-3-4-10-18)24-14-16-7-5-8-17(13-16)20(26)23-15-19-11-6-12-27-19/h5-8,11-13,18H,2-4,9-10,14-15H2,1H3,(H,23,26)(H2,22,24,25). The van der Waals surface area contributed by atoms with E-state index in [9.17, 15) is 4.79 Å². The molecule has 1 aliphatic carbocycles. The smallest absolute Gasteiger partial charge is 0.251 e. The maximum Gasteiger partial charge on any atom is 0.251 e. The minimum Gasteiger partial charge on any atom is -0.467 e. The third kappa shape index (κ3) is 5.88. The van der Waals surface area contributed by atoms with Gasteiger partial charge in [-0.3, -0.25) is 4.79 Å². The van der Waals surface area contributed by atoms with Gasteiger partial charge >= 0.3 is 0 Å². The van der Waals surface area contributed by atoms with Crippen LogP contribution in [-0.2, 0) is 13.1 Å². The molecule has 1 aromatic heterocycles. The Balaban J connectivity index is 1.58. The number of amides is 1. The van der Waals surface area contributed by atoms with Crippen LogP contribution in [0.5, 0.6) is 0 Å². The van der Waals surface area contributed by atoms with Crippen LogP contribution in [0.25, 0.3) is 0 Å². The molecule has 3 N–H and O–H groups in total. The molecule has 1 fully saturated rings. The number of hydrogen-bond acceptors (Lipinski definition) is 3. The summed E-state index contributed by atoms with van der Waals surface area (Å²) in [6.45, 7) is 3.80. The fraction of sp³-hybridized carbons (Fsp3) is 0.429. The molecule has 1 aromatic carbocycles. The van der Waals surface area contributed by atoms with Crippen LogP contribution in [0.3, 0.4) is 0 Å². The number of rotatable bonds is 7. The molecule has 6 nitrogen and oxygen atoms in total. The molecule has 0 aliphatic heterocycles. The van der Waals surface area contributed by atoms with Gasteiger partial charge in [-0.2, -0.15) is 0 Å². The third-order valence-electron chi connectivity index (χ3n) is 4.65. The van der Waals surface area contributed by atoms with E-state index < -0.39 is 0 Å². The Morgan fingerprint density at radius 1 is 1.19 bits per heavy atom. The van der Waals surface area contributed by atoms with Gasteiger partial charge < -0.3 is 20.4 Å². The molecule has 144 valence electrons. The molecule has 3 rings (SSSR count). The molecular weight excluding hydrogens is 340 g/mol. The van der Waals surface area contributed by atoms with Gasteiger partial charge in [0, 0.05) is 18.2 Å². The summed E-state index contributed by atoms with van der Waals surface area (Å²) in [5, 5.41) is 9.68. The van der Waals surface area contributed by atoms with Crippen LogP contribution in [0.2, 0.25) is 0 Å². The van der Waals surface area contributed by atoms with Crippen LogP contribution in [0, 0.1) is 0 Å². The topological polar surface area (TPSA) is 78.7 Å². The highest BCUT2D eigenvalue weighted by Gasteiger charge is 2.15. The largest absolute Gasteiger partial charge is 0.467 e. The van der Waals surface area contributed by atoms with Gasteiger partial charge in [0.1, 0.15) is 5.76 Å². The van der Waals surface area contributed by atoms with E-state index in [2.05, 4.69) is 27.9 Å². The number of furan rings is 1. The Hall–Kier alpha value is -2.76. The van der Waals surface area contributed by atoms with Gasteiger partial charge in [-0.05, 0) is 49.6 Å². The number of carbonyl (C=O) groups excluding carboxylic acids is 1. The number of guanidine groups is 1. The van der Waals surface area contributed by atoms with Crippen LogP contribution in [0.1, 0.15) is 54.3 Å². The molecular formula is C21H28N4O2. The Kier molecular flexibility index (Phi) is 6.90. The van der Waals surface area contributed by atoms with E-state index in [4.69, 9.17) is 4.42 Å². The second-order valence-corrected chi connectivity index (χ2v) is 6.78. The Bertz CT molecular complexity index is 749. The van der Waals surface area contributed by atoms with E-state index in [1.165, 1.54) is 25.7 Å². The number of carbonyl (C=O) groups is 1. The minimum absolute atomic E-state index is 0.117. The van der Waals surface area contributed by atoms with Gasteiger partial charge in [-0.25, -0.2) is 4.99 Å². The number of benzene rings is 1. The van der Waals surface area contributed by atoms with Crippen LogP contribution in [0.15, 0.2) is 52.1 Å². The number of hydrogen-bond donors (Lipinski definition) is 3. The molecule has 0 bridgehead atoms. The normalized spacial score (nSPS) is 14.9.